The molecule has 6 nitrogen and oxygen atoms in total. The van der Waals surface area contributed by atoms with E-state index in [2.05, 4.69) is 10.6 Å². The van der Waals surface area contributed by atoms with Crippen molar-refractivity contribution in [1.29, 1.82) is 0 Å². The molecule has 0 heterocycles. The Kier molecular flexibility index (Phi) is 7.04. The Bertz CT molecular complexity index is 349. The van der Waals surface area contributed by atoms with Gasteiger partial charge in [0.25, 0.3) is 0 Å². The largest absolute Gasteiger partial charge is 0.481 e. The van der Waals surface area contributed by atoms with Crippen LogP contribution in [0.4, 0.5) is 0 Å². The van der Waals surface area contributed by atoms with Crippen LogP contribution in [0.15, 0.2) is 0 Å². The van der Waals surface area contributed by atoms with Crippen molar-refractivity contribution >= 4 is 17.8 Å². The average molecular weight is 284 g/mol. The first-order valence-corrected chi connectivity index (χ1v) is 7.31. The number of nitrogens with one attached hydrogen (secondary N) is 2. The van der Waals surface area contributed by atoms with Crippen LogP contribution in [0, 0.1) is 11.8 Å². The monoisotopic (exact) mass is 284 g/mol. The maximum absolute atomic E-state index is 11.9. The van der Waals surface area contributed by atoms with E-state index in [1.807, 2.05) is 6.92 Å². The fourth-order valence-electron chi connectivity index (χ4n) is 2.40. The summed E-state index contributed by atoms with van der Waals surface area (Å²) in [7, 11) is 0. The molecule has 0 spiro atoms. The fourth-order valence-corrected chi connectivity index (χ4v) is 2.40. The van der Waals surface area contributed by atoms with Gasteiger partial charge in [-0.05, 0) is 32.1 Å². The minimum Gasteiger partial charge on any atom is -0.481 e. The third kappa shape index (κ3) is 5.59. The van der Waals surface area contributed by atoms with Gasteiger partial charge in [-0.2, -0.15) is 0 Å². The lowest BCUT2D eigenvalue weighted by molar-refractivity contribution is -0.144. The predicted octanol–water partition coefficient (Wildman–Crippen LogP) is 0.910. The Morgan fingerprint density at radius 3 is 2.15 bits per heavy atom. The quantitative estimate of drug-likeness (QED) is 0.647. The molecule has 0 atom stereocenters. The van der Waals surface area contributed by atoms with Crippen LogP contribution in [-0.2, 0) is 14.4 Å². The van der Waals surface area contributed by atoms with Gasteiger partial charge < -0.3 is 15.7 Å². The van der Waals surface area contributed by atoms with E-state index in [0.717, 1.165) is 6.42 Å². The molecule has 1 fully saturated rings. The van der Waals surface area contributed by atoms with Crippen molar-refractivity contribution in [1.82, 2.24) is 10.6 Å². The Morgan fingerprint density at radius 2 is 1.60 bits per heavy atom. The molecule has 1 aliphatic rings. The highest BCUT2D eigenvalue weighted by Gasteiger charge is 2.29. The third-order valence-electron chi connectivity index (χ3n) is 3.67. The molecular weight excluding hydrogens is 260 g/mol. The summed E-state index contributed by atoms with van der Waals surface area (Å²) < 4.78 is 0. The van der Waals surface area contributed by atoms with E-state index in [-0.39, 0.29) is 30.1 Å². The first kappa shape index (κ1) is 16.5. The van der Waals surface area contributed by atoms with Gasteiger partial charge in [-0.1, -0.05) is 6.92 Å². The number of carbonyl (C=O) groups is 3. The molecule has 0 saturated heterocycles. The molecule has 20 heavy (non-hydrogen) atoms. The molecule has 1 saturated carbocycles. The van der Waals surface area contributed by atoms with Crippen LogP contribution in [0.25, 0.3) is 0 Å². The highest BCUT2D eigenvalue weighted by Crippen LogP contribution is 2.28. The SMILES string of the molecule is CCCNC(=O)CCNC(=O)C1CCC(C(=O)O)CC1. The smallest absolute Gasteiger partial charge is 0.306 e. The Hall–Kier alpha value is -1.59. The van der Waals surface area contributed by atoms with Crippen LogP contribution in [-0.4, -0.2) is 36.0 Å². The van der Waals surface area contributed by atoms with Gasteiger partial charge in [0.2, 0.25) is 11.8 Å². The minimum absolute atomic E-state index is 0.0539. The van der Waals surface area contributed by atoms with Gasteiger partial charge in [0.15, 0.2) is 0 Å². The minimum atomic E-state index is -0.767. The number of hydrogen-bond donors (Lipinski definition) is 3. The van der Waals surface area contributed by atoms with Gasteiger partial charge >= 0.3 is 5.97 Å². The van der Waals surface area contributed by atoms with Gasteiger partial charge in [-0.15, -0.1) is 0 Å². The van der Waals surface area contributed by atoms with E-state index in [1.54, 1.807) is 0 Å². The van der Waals surface area contributed by atoms with Crippen LogP contribution in [0.5, 0.6) is 0 Å². The van der Waals surface area contributed by atoms with Crippen molar-refractivity contribution < 1.29 is 19.5 Å². The highest BCUT2D eigenvalue weighted by molar-refractivity contribution is 5.80. The lowest BCUT2D eigenvalue weighted by Crippen LogP contribution is -2.36. The van der Waals surface area contributed by atoms with Crippen molar-refractivity contribution in [3.8, 4) is 0 Å². The first-order valence-electron chi connectivity index (χ1n) is 7.31. The summed E-state index contributed by atoms with van der Waals surface area (Å²) in [4.78, 5) is 34.0. The third-order valence-corrected chi connectivity index (χ3v) is 3.67. The summed E-state index contributed by atoms with van der Waals surface area (Å²) in [5.41, 5.74) is 0. The molecular formula is C14H24N2O4. The average Bonchev–Trinajstić information content (AvgIpc) is 2.45. The standard InChI is InChI=1S/C14H24N2O4/c1-2-8-15-12(17)7-9-16-13(18)10-3-5-11(6-4-10)14(19)20/h10-11H,2-9H2,1H3,(H,15,17)(H,16,18)(H,19,20). The van der Waals surface area contributed by atoms with Crippen LogP contribution in [0.1, 0.15) is 45.4 Å². The molecule has 0 unspecified atom stereocenters. The van der Waals surface area contributed by atoms with Crippen LogP contribution in [0.2, 0.25) is 0 Å². The molecule has 0 radical (unpaired) electrons. The molecule has 6 heteroatoms. The topological polar surface area (TPSA) is 95.5 Å². The van der Waals surface area contributed by atoms with Crippen molar-refractivity contribution in [2.75, 3.05) is 13.1 Å². The maximum atomic E-state index is 11.9. The lowest BCUT2D eigenvalue weighted by atomic mass is 9.81. The van der Waals surface area contributed by atoms with Crippen molar-refractivity contribution in [3.63, 3.8) is 0 Å². The van der Waals surface area contributed by atoms with Crippen LogP contribution >= 0.6 is 0 Å². The second kappa shape index (κ2) is 8.55. The van der Waals surface area contributed by atoms with Gasteiger partial charge in [0.1, 0.15) is 0 Å². The zero-order valence-electron chi connectivity index (χ0n) is 12.0. The number of hydrogen-bond acceptors (Lipinski definition) is 3. The summed E-state index contributed by atoms with van der Waals surface area (Å²) in [6, 6.07) is 0. The molecule has 0 aromatic rings. The Morgan fingerprint density at radius 1 is 1.00 bits per heavy atom. The number of rotatable bonds is 7. The van der Waals surface area contributed by atoms with E-state index in [1.165, 1.54) is 0 Å². The molecule has 1 rings (SSSR count). The van der Waals surface area contributed by atoms with Gasteiger partial charge in [-0.25, -0.2) is 0 Å². The Labute approximate surface area is 119 Å². The molecule has 0 aromatic carbocycles. The van der Waals surface area contributed by atoms with Crippen molar-refractivity contribution in [3.05, 3.63) is 0 Å². The summed E-state index contributed by atoms with van der Waals surface area (Å²) in [6.45, 7) is 2.98. The van der Waals surface area contributed by atoms with E-state index in [4.69, 9.17) is 5.11 Å². The van der Waals surface area contributed by atoms with Crippen molar-refractivity contribution in [2.24, 2.45) is 11.8 Å². The van der Waals surface area contributed by atoms with Gasteiger partial charge in [0.05, 0.1) is 5.92 Å². The number of aliphatic carboxylic acids is 1. The second-order valence-electron chi connectivity index (χ2n) is 5.28. The summed E-state index contributed by atoms with van der Waals surface area (Å²) >= 11 is 0. The predicted molar refractivity (Wildman–Crippen MR) is 74.0 cm³/mol. The normalized spacial score (nSPS) is 22.1. The van der Waals surface area contributed by atoms with Crippen LogP contribution in [0.3, 0.4) is 0 Å². The number of carbonyl (C=O) groups excluding carboxylic acids is 2. The molecule has 2 amide bonds. The molecule has 0 aliphatic heterocycles. The molecule has 3 N–H and O–H groups in total. The lowest BCUT2D eigenvalue weighted by Gasteiger charge is -2.25. The first-order chi connectivity index (χ1) is 9.54. The molecule has 0 bridgehead atoms. The number of amides is 2. The molecule has 0 aromatic heterocycles. The highest BCUT2D eigenvalue weighted by atomic mass is 16.4. The zero-order valence-corrected chi connectivity index (χ0v) is 12.0. The van der Waals surface area contributed by atoms with E-state index < -0.39 is 5.97 Å². The number of carboxylic acids is 1. The van der Waals surface area contributed by atoms with E-state index in [9.17, 15) is 14.4 Å². The molecule has 1 aliphatic carbocycles. The zero-order chi connectivity index (χ0) is 15.0. The summed E-state index contributed by atoms with van der Waals surface area (Å²) in [5, 5.41) is 14.4. The Balaban J connectivity index is 2.17. The van der Waals surface area contributed by atoms with Gasteiger partial charge in [0, 0.05) is 25.4 Å². The number of carboxylic acid groups (broad SMARTS) is 1. The summed E-state index contributed by atoms with van der Waals surface area (Å²) in [5.74, 6) is -1.29. The van der Waals surface area contributed by atoms with E-state index in [0.29, 0.717) is 38.8 Å². The summed E-state index contributed by atoms with van der Waals surface area (Å²) in [6.07, 6.45) is 3.53. The van der Waals surface area contributed by atoms with E-state index >= 15 is 0 Å². The maximum Gasteiger partial charge on any atom is 0.306 e. The van der Waals surface area contributed by atoms with Gasteiger partial charge in [-0.3, -0.25) is 14.4 Å². The molecule has 114 valence electrons. The van der Waals surface area contributed by atoms with Crippen molar-refractivity contribution in [2.45, 2.75) is 45.4 Å². The second-order valence-corrected chi connectivity index (χ2v) is 5.28. The van der Waals surface area contributed by atoms with Crippen LogP contribution < -0.4 is 10.6 Å². The fraction of sp³-hybridized carbons (Fsp3) is 0.786.